The summed E-state index contributed by atoms with van der Waals surface area (Å²) in [6.45, 7) is 1.63. The summed E-state index contributed by atoms with van der Waals surface area (Å²) in [5, 5.41) is 7.64. The first-order valence-electron chi connectivity index (χ1n) is 6.32. The standard InChI is InChI=1S/C15H16N4/c1-3-13(12-19-8-2-6-18-19)9-15(4-1)17-11-14-5-7-16-10-14/h1-10,16-17H,11-12H2. The van der Waals surface area contributed by atoms with Gasteiger partial charge in [-0.15, -0.1) is 0 Å². The summed E-state index contributed by atoms with van der Waals surface area (Å²) in [7, 11) is 0. The monoisotopic (exact) mass is 252 g/mol. The molecule has 96 valence electrons. The van der Waals surface area contributed by atoms with E-state index in [1.54, 1.807) is 6.20 Å². The highest BCUT2D eigenvalue weighted by molar-refractivity contribution is 5.46. The van der Waals surface area contributed by atoms with Gasteiger partial charge in [-0.25, -0.2) is 0 Å². The van der Waals surface area contributed by atoms with Gasteiger partial charge >= 0.3 is 0 Å². The first-order valence-corrected chi connectivity index (χ1v) is 6.32. The summed E-state index contributed by atoms with van der Waals surface area (Å²) in [4.78, 5) is 3.06. The number of nitrogens with zero attached hydrogens (tertiary/aromatic N) is 2. The van der Waals surface area contributed by atoms with Gasteiger partial charge in [0.15, 0.2) is 0 Å². The van der Waals surface area contributed by atoms with Crippen molar-refractivity contribution in [3.8, 4) is 0 Å². The van der Waals surface area contributed by atoms with Gasteiger partial charge in [0.05, 0.1) is 6.54 Å². The maximum Gasteiger partial charge on any atom is 0.0660 e. The summed E-state index contributed by atoms with van der Waals surface area (Å²) in [6, 6.07) is 12.4. The predicted molar refractivity (Wildman–Crippen MR) is 75.9 cm³/mol. The van der Waals surface area contributed by atoms with E-state index in [0.717, 1.165) is 18.8 Å². The smallest absolute Gasteiger partial charge is 0.0660 e. The molecule has 0 aliphatic heterocycles. The van der Waals surface area contributed by atoms with Crippen molar-refractivity contribution in [1.82, 2.24) is 14.8 Å². The van der Waals surface area contributed by atoms with Crippen molar-refractivity contribution in [3.63, 3.8) is 0 Å². The van der Waals surface area contributed by atoms with Crippen LogP contribution in [0, 0.1) is 0 Å². The molecule has 4 nitrogen and oxygen atoms in total. The van der Waals surface area contributed by atoms with E-state index in [1.165, 1.54) is 11.1 Å². The number of benzene rings is 1. The van der Waals surface area contributed by atoms with Crippen LogP contribution in [-0.4, -0.2) is 14.8 Å². The molecule has 0 saturated heterocycles. The number of rotatable bonds is 5. The third kappa shape index (κ3) is 3.04. The molecule has 0 atom stereocenters. The van der Waals surface area contributed by atoms with Crippen molar-refractivity contribution in [1.29, 1.82) is 0 Å². The summed E-state index contributed by atoms with van der Waals surface area (Å²) < 4.78 is 1.92. The van der Waals surface area contributed by atoms with Crippen LogP contribution < -0.4 is 5.32 Å². The molecule has 1 aromatic carbocycles. The fourth-order valence-electron chi connectivity index (χ4n) is 2.03. The molecular formula is C15H16N4. The van der Waals surface area contributed by atoms with Gasteiger partial charge in [-0.3, -0.25) is 4.68 Å². The van der Waals surface area contributed by atoms with E-state index in [1.807, 2.05) is 29.3 Å². The van der Waals surface area contributed by atoms with E-state index in [2.05, 4.69) is 45.7 Å². The Hall–Kier alpha value is -2.49. The average molecular weight is 252 g/mol. The van der Waals surface area contributed by atoms with Crippen molar-refractivity contribution >= 4 is 5.69 Å². The molecule has 0 radical (unpaired) electrons. The number of anilines is 1. The van der Waals surface area contributed by atoms with E-state index in [0.29, 0.717) is 0 Å². The second-order valence-electron chi connectivity index (χ2n) is 4.48. The van der Waals surface area contributed by atoms with Crippen LogP contribution in [0.5, 0.6) is 0 Å². The Bertz CT molecular complexity index is 611. The molecule has 0 aliphatic carbocycles. The molecular weight excluding hydrogens is 236 g/mol. The molecule has 0 amide bonds. The van der Waals surface area contributed by atoms with Gasteiger partial charge in [0.25, 0.3) is 0 Å². The topological polar surface area (TPSA) is 45.6 Å². The van der Waals surface area contributed by atoms with Crippen molar-refractivity contribution in [2.24, 2.45) is 0 Å². The molecule has 0 bridgehead atoms. The number of H-pyrrole nitrogens is 1. The Morgan fingerprint density at radius 1 is 1.16 bits per heavy atom. The van der Waals surface area contributed by atoms with Crippen LogP contribution in [0.1, 0.15) is 11.1 Å². The Labute approximate surface area is 112 Å². The highest BCUT2D eigenvalue weighted by Gasteiger charge is 1.98. The molecule has 2 aromatic heterocycles. The maximum absolute atomic E-state index is 4.22. The molecule has 0 unspecified atom stereocenters. The Morgan fingerprint density at radius 2 is 2.16 bits per heavy atom. The number of hydrogen-bond acceptors (Lipinski definition) is 2. The second-order valence-corrected chi connectivity index (χ2v) is 4.48. The van der Waals surface area contributed by atoms with Crippen LogP contribution in [0.2, 0.25) is 0 Å². The van der Waals surface area contributed by atoms with Gasteiger partial charge in [0.1, 0.15) is 0 Å². The van der Waals surface area contributed by atoms with E-state index in [-0.39, 0.29) is 0 Å². The highest BCUT2D eigenvalue weighted by Crippen LogP contribution is 2.13. The van der Waals surface area contributed by atoms with Gasteiger partial charge in [-0.1, -0.05) is 12.1 Å². The van der Waals surface area contributed by atoms with Gasteiger partial charge in [-0.2, -0.15) is 5.10 Å². The molecule has 0 saturated carbocycles. The summed E-state index contributed by atoms with van der Waals surface area (Å²) in [6.07, 6.45) is 7.71. The van der Waals surface area contributed by atoms with Crippen LogP contribution in [0.4, 0.5) is 5.69 Å². The lowest BCUT2D eigenvalue weighted by molar-refractivity contribution is 0.687. The zero-order valence-corrected chi connectivity index (χ0v) is 10.6. The number of aromatic nitrogens is 3. The van der Waals surface area contributed by atoms with Crippen LogP contribution in [0.15, 0.2) is 61.2 Å². The molecule has 2 N–H and O–H groups in total. The van der Waals surface area contributed by atoms with Gasteiger partial charge in [-0.05, 0) is 35.4 Å². The zero-order chi connectivity index (χ0) is 12.9. The molecule has 3 rings (SSSR count). The molecule has 0 fully saturated rings. The number of aromatic amines is 1. The quantitative estimate of drug-likeness (QED) is 0.733. The lowest BCUT2D eigenvalue weighted by Crippen LogP contribution is -2.02. The third-order valence-corrected chi connectivity index (χ3v) is 2.99. The highest BCUT2D eigenvalue weighted by atomic mass is 15.3. The van der Waals surface area contributed by atoms with Crippen LogP contribution >= 0.6 is 0 Å². The molecule has 0 aliphatic rings. The zero-order valence-electron chi connectivity index (χ0n) is 10.6. The molecule has 2 heterocycles. The van der Waals surface area contributed by atoms with Crippen molar-refractivity contribution < 1.29 is 0 Å². The lowest BCUT2D eigenvalue weighted by atomic mass is 10.2. The van der Waals surface area contributed by atoms with Gasteiger partial charge < -0.3 is 10.3 Å². The van der Waals surface area contributed by atoms with Crippen LogP contribution in [0.25, 0.3) is 0 Å². The summed E-state index contributed by atoms with van der Waals surface area (Å²) >= 11 is 0. The number of nitrogens with one attached hydrogen (secondary N) is 2. The lowest BCUT2D eigenvalue weighted by Gasteiger charge is -2.08. The summed E-state index contributed by atoms with van der Waals surface area (Å²) in [5.74, 6) is 0. The molecule has 0 spiro atoms. The Morgan fingerprint density at radius 3 is 2.95 bits per heavy atom. The van der Waals surface area contributed by atoms with E-state index >= 15 is 0 Å². The first-order chi connectivity index (χ1) is 9.40. The van der Waals surface area contributed by atoms with Crippen LogP contribution in [0.3, 0.4) is 0 Å². The second kappa shape index (κ2) is 5.44. The minimum Gasteiger partial charge on any atom is -0.381 e. The minimum atomic E-state index is 0.798. The summed E-state index contributed by atoms with van der Waals surface area (Å²) in [5.41, 5.74) is 3.62. The van der Waals surface area contributed by atoms with E-state index in [4.69, 9.17) is 0 Å². The predicted octanol–water partition coefficient (Wildman–Crippen LogP) is 2.87. The fourth-order valence-corrected chi connectivity index (χ4v) is 2.03. The SMILES string of the molecule is c1cc(Cn2cccn2)cc(NCc2cc[nH]c2)c1. The molecule has 19 heavy (non-hydrogen) atoms. The largest absolute Gasteiger partial charge is 0.381 e. The van der Waals surface area contributed by atoms with E-state index in [9.17, 15) is 0 Å². The normalized spacial score (nSPS) is 10.5. The maximum atomic E-state index is 4.22. The Balaban J connectivity index is 1.66. The molecule has 3 aromatic rings. The third-order valence-electron chi connectivity index (χ3n) is 2.99. The van der Waals surface area contributed by atoms with Crippen molar-refractivity contribution in [2.75, 3.05) is 5.32 Å². The van der Waals surface area contributed by atoms with E-state index < -0.39 is 0 Å². The van der Waals surface area contributed by atoms with Gasteiger partial charge in [0.2, 0.25) is 0 Å². The van der Waals surface area contributed by atoms with Crippen molar-refractivity contribution in [2.45, 2.75) is 13.1 Å². The fraction of sp³-hybridized carbons (Fsp3) is 0.133. The van der Waals surface area contributed by atoms with Crippen LogP contribution in [-0.2, 0) is 13.1 Å². The molecule has 4 heteroatoms. The Kier molecular flexibility index (Phi) is 3.32. The first kappa shape index (κ1) is 11.6. The minimum absolute atomic E-state index is 0.798. The number of hydrogen-bond donors (Lipinski definition) is 2. The van der Waals surface area contributed by atoms with Crippen molar-refractivity contribution in [3.05, 3.63) is 72.3 Å². The van der Waals surface area contributed by atoms with Gasteiger partial charge in [0, 0.05) is 37.0 Å². The average Bonchev–Trinajstić information content (AvgIpc) is 3.10.